The normalized spacial score (nSPS) is 11.1. The number of nitrogens with one attached hydrogen (secondary N) is 1. The van der Waals surface area contributed by atoms with Gasteiger partial charge in [-0.2, -0.15) is 5.26 Å². The van der Waals surface area contributed by atoms with Crippen molar-refractivity contribution in [1.82, 2.24) is 14.9 Å². The highest BCUT2D eigenvalue weighted by Gasteiger charge is 2.12. The molecule has 1 rings (SSSR count). The van der Waals surface area contributed by atoms with Crippen LogP contribution < -0.4 is 5.32 Å². The molecule has 0 atom stereocenters. The topological polar surface area (TPSA) is 64.8 Å². The standard InChI is InChI=1S/C14H23N5/c1-11(2)19(12(3)4)7-5-6-16-14-10-17-13(8-15)9-18-14/h9-12H,5-7H2,1-4H3,(H,16,18). The van der Waals surface area contributed by atoms with Gasteiger partial charge in [-0.05, 0) is 34.1 Å². The van der Waals surface area contributed by atoms with Gasteiger partial charge in [-0.25, -0.2) is 9.97 Å². The average molecular weight is 261 g/mol. The van der Waals surface area contributed by atoms with Crippen LogP contribution in [0.4, 0.5) is 5.82 Å². The summed E-state index contributed by atoms with van der Waals surface area (Å²) in [6, 6.07) is 3.08. The number of aromatic nitrogens is 2. The molecule has 1 N–H and O–H groups in total. The quantitative estimate of drug-likeness (QED) is 0.763. The van der Waals surface area contributed by atoms with Crippen LogP contribution >= 0.6 is 0 Å². The van der Waals surface area contributed by atoms with E-state index in [-0.39, 0.29) is 0 Å². The lowest BCUT2D eigenvalue weighted by atomic mass is 10.2. The molecule has 0 aromatic carbocycles. The van der Waals surface area contributed by atoms with Crippen LogP contribution in [0.5, 0.6) is 0 Å². The predicted molar refractivity (Wildman–Crippen MR) is 76.8 cm³/mol. The Bertz CT molecular complexity index is 397. The molecular weight excluding hydrogens is 238 g/mol. The SMILES string of the molecule is CC(C)N(CCCNc1cnc(C#N)cn1)C(C)C. The molecule has 0 bridgehead atoms. The van der Waals surface area contributed by atoms with Crippen molar-refractivity contribution in [1.29, 1.82) is 5.26 Å². The lowest BCUT2D eigenvalue weighted by Gasteiger charge is -2.30. The summed E-state index contributed by atoms with van der Waals surface area (Å²) in [4.78, 5) is 10.6. The molecule has 0 amide bonds. The van der Waals surface area contributed by atoms with E-state index in [0.29, 0.717) is 17.8 Å². The molecule has 19 heavy (non-hydrogen) atoms. The van der Waals surface area contributed by atoms with Crippen LogP contribution in [0.1, 0.15) is 39.8 Å². The molecule has 0 aliphatic heterocycles. The average Bonchev–Trinajstić information content (AvgIpc) is 2.38. The lowest BCUT2D eigenvalue weighted by molar-refractivity contribution is 0.174. The number of nitrogens with zero attached hydrogens (tertiary/aromatic N) is 4. The van der Waals surface area contributed by atoms with Gasteiger partial charge in [-0.3, -0.25) is 4.90 Å². The summed E-state index contributed by atoms with van der Waals surface area (Å²) in [6.45, 7) is 10.8. The fourth-order valence-electron chi connectivity index (χ4n) is 2.07. The van der Waals surface area contributed by atoms with Crippen molar-refractivity contribution in [3.63, 3.8) is 0 Å². The first kappa shape index (κ1) is 15.4. The van der Waals surface area contributed by atoms with Crippen LogP contribution in [0.3, 0.4) is 0 Å². The van der Waals surface area contributed by atoms with E-state index < -0.39 is 0 Å². The largest absolute Gasteiger partial charge is 0.369 e. The highest BCUT2D eigenvalue weighted by molar-refractivity contribution is 5.32. The predicted octanol–water partition coefficient (Wildman–Crippen LogP) is 2.27. The maximum atomic E-state index is 8.63. The Morgan fingerprint density at radius 2 is 1.89 bits per heavy atom. The molecule has 1 aromatic rings. The van der Waals surface area contributed by atoms with Gasteiger partial charge in [0.1, 0.15) is 11.9 Å². The molecule has 0 fully saturated rings. The summed E-state index contributed by atoms with van der Waals surface area (Å²) in [5.74, 6) is 0.722. The van der Waals surface area contributed by atoms with Crippen molar-refractivity contribution in [2.75, 3.05) is 18.4 Å². The third kappa shape index (κ3) is 5.23. The van der Waals surface area contributed by atoms with E-state index in [9.17, 15) is 0 Å². The number of anilines is 1. The van der Waals surface area contributed by atoms with Crippen molar-refractivity contribution in [2.45, 2.75) is 46.2 Å². The zero-order valence-corrected chi connectivity index (χ0v) is 12.2. The van der Waals surface area contributed by atoms with Gasteiger partial charge < -0.3 is 5.32 Å². The lowest BCUT2D eigenvalue weighted by Crippen LogP contribution is -2.38. The molecule has 5 nitrogen and oxygen atoms in total. The Morgan fingerprint density at radius 3 is 2.37 bits per heavy atom. The minimum atomic E-state index is 0.344. The molecule has 1 heterocycles. The molecule has 0 spiro atoms. The number of hydrogen-bond acceptors (Lipinski definition) is 5. The molecule has 0 radical (unpaired) electrons. The summed E-state index contributed by atoms with van der Waals surface area (Å²) in [5, 5.41) is 11.8. The smallest absolute Gasteiger partial charge is 0.158 e. The van der Waals surface area contributed by atoms with Crippen molar-refractivity contribution in [2.24, 2.45) is 0 Å². The first-order valence-electron chi connectivity index (χ1n) is 6.76. The third-order valence-corrected chi connectivity index (χ3v) is 2.99. The highest BCUT2D eigenvalue weighted by Crippen LogP contribution is 2.06. The van der Waals surface area contributed by atoms with Gasteiger partial charge in [0.15, 0.2) is 5.69 Å². The number of rotatable bonds is 7. The van der Waals surface area contributed by atoms with Crippen LogP contribution in [0.25, 0.3) is 0 Å². The summed E-state index contributed by atoms with van der Waals surface area (Å²) in [7, 11) is 0. The van der Waals surface area contributed by atoms with Gasteiger partial charge in [0, 0.05) is 25.2 Å². The van der Waals surface area contributed by atoms with E-state index in [1.54, 1.807) is 6.20 Å². The van der Waals surface area contributed by atoms with E-state index in [4.69, 9.17) is 5.26 Å². The fourth-order valence-corrected chi connectivity index (χ4v) is 2.07. The summed E-state index contributed by atoms with van der Waals surface area (Å²) in [5.41, 5.74) is 0.344. The van der Waals surface area contributed by atoms with Crippen LogP contribution in [0, 0.1) is 11.3 Å². The fraction of sp³-hybridized carbons (Fsp3) is 0.643. The van der Waals surface area contributed by atoms with Crippen molar-refractivity contribution < 1.29 is 0 Å². The minimum Gasteiger partial charge on any atom is -0.369 e. The molecular formula is C14H23N5. The molecule has 0 saturated carbocycles. The highest BCUT2D eigenvalue weighted by atomic mass is 15.2. The van der Waals surface area contributed by atoms with Crippen molar-refractivity contribution in [3.05, 3.63) is 18.1 Å². The van der Waals surface area contributed by atoms with E-state index in [1.165, 1.54) is 6.20 Å². The van der Waals surface area contributed by atoms with Gasteiger partial charge in [-0.15, -0.1) is 0 Å². The van der Waals surface area contributed by atoms with Gasteiger partial charge in [0.25, 0.3) is 0 Å². The van der Waals surface area contributed by atoms with Gasteiger partial charge >= 0.3 is 0 Å². The number of nitriles is 1. The van der Waals surface area contributed by atoms with Crippen LogP contribution in [-0.4, -0.2) is 40.0 Å². The Morgan fingerprint density at radius 1 is 1.21 bits per heavy atom. The van der Waals surface area contributed by atoms with Gasteiger partial charge in [-0.1, -0.05) is 0 Å². The molecule has 0 aliphatic rings. The van der Waals surface area contributed by atoms with E-state index in [1.807, 2.05) is 6.07 Å². The second-order valence-electron chi connectivity index (χ2n) is 5.10. The Hall–Kier alpha value is -1.67. The van der Waals surface area contributed by atoms with Gasteiger partial charge in [0.2, 0.25) is 0 Å². The molecule has 104 valence electrons. The van der Waals surface area contributed by atoms with Crippen molar-refractivity contribution in [3.8, 4) is 6.07 Å². The molecule has 5 heteroatoms. The summed E-state index contributed by atoms with van der Waals surface area (Å²) >= 11 is 0. The molecule has 0 unspecified atom stereocenters. The first-order valence-corrected chi connectivity index (χ1v) is 6.76. The van der Waals surface area contributed by atoms with Crippen LogP contribution in [-0.2, 0) is 0 Å². The van der Waals surface area contributed by atoms with E-state index in [0.717, 1.165) is 25.3 Å². The van der Waals surface area contributed by atoms with E-state index in [2.05, 4.69) is 47.9 Å². The zero-order valence-electron chi connectivity index (χ0n) is 12.2. The minimum absolute atomic E-state index is 0.344. The zero-order chi connectivity index (χ0) is 14.3. The Kier molecular flexibility index (Phi) is 6.23. The van der Waals surface area contributed by atoms with E-state index >= 15 is 0 Å². The molecule has 0 aliphatic carbocycles. The van der Waals surface area contributed by atoms with Gasteiger partial charge in [0.05, 0.1) is 12.4 Å². The summed E-state index contributed by atoms with van der Waals surface area (Å²) < 4.78 is 0. The Balaban J connectivity index is 2.32. The molecule has 1 aromatic heterocycles. The monoisotopic (exact) mass is 261 g/mol. The Labute approximate surface area is 115 Å². The maximum absolute atomic E-state index is 8.63. The number of hydrogen-bond donors (Lipinski definition) is 1. The van der Waals surface area contributed by atoms with Crippen LogP contribution in [0.2, 0.25) is 0 Å². The summed E-state index contributed by atoms with van der Waals surface area (Å²) in [6.07, 6.45) is 4.14. The first-order chi connectivity index (χ1) is 9.04. The van der Waals surface area contributed by atoms with Crippen LogP contribution in [0.15, 0.2) is 12.4 Å². The third-order valence-electron chi connectivity index (χ3n) is 2.99. The van der Waals surface area contributed by atoms with Crippen molar-refractivity contribution >= 4 is 5.82 Å². The second kappa shape index (κ2) is 7.70. The second-order valence-corrected chi connectivity index (χ2v) is 5.10. The molecule has 0 saturated heterocycles. The maximum Gasteiger partial charge on any atom is 0.158 e.